The summed E-state index contributed by atoms with van der Waals surface area (Å²) in [5.41, 5.74) is 0. The van der Waals surface area contributed by atoms with E-state index >= 15 is 0 Å². The molecule has 0 saturated carbocycles. The van der Waals surface area contributed by atoms with E-state index in [0.717, 1.165) is 6.26 Å². The van der Waals surface area contributed by atoms with Crippen LogP contribution in [0.4, 0.5) is 0 Å². The molecule has 0 atom stereocenters. The van der Waals surface area contributed by atoms with Crippen LogP contribution in [0.1, 0.15) is 12.8 Å². The fourth-order valence-electron chi connectivity index (χ4n) is 1.49. The van der Waals surface area contributed by atoms with Gasteiger partial charge in [-0.1, -0.05) is 0 Å². The summed E-state index contributed by atoms with van der Waals surface area (Å²) in [6.45, 7) is 0.472. The van der Waals surface area contributed by atoms with Crippen molar-refractivity contribution in [1.82, 2.24) is 4.31 Å². The molecule has 0 bridgehead atoms. The maximum atomic E-state index is 11.1. The molecule has 1 heterocycles. The summed E-state index contributed by atoms with van der Waals surface area (Å²) >= 11 is 0. The van der Waals surface area contributed by atoms with Gasteiger partial charge in [0, 0.05) is 13.1 Å². The van der Waals surface area contributed by atoms with Crippen molar-refractivity contribution in [3.05, 3.63) is 0 Å². The number of sulfonamides is 2. The molecule has 0 aliphatic carbocycles. The van der Waals surface area contributed by atoms with Gasteiger partial charge in [0.05, 0.1) is 11.5 Å². The summed E-state index contributed by atoms with van der Waals surface area (Å²) in [6, 6.07) is 0. The van der Waals surface area contributed by atoms with Crippen LogP contribution in [0.15, 0.2) is 0 Å². The van der Waals surface area contributed by atoms with E-state index in [1.54, 1.807) is 0 Å². The lowest BCUT2D eigenvalue weighted by Gasteiger charge is -2.28. The van der Waals surface area contributed by atoms with Crippen molar-refractivity contribution in [2.45, 2.75) is 18.1 Å². The Balaban J connectivity index is 2.65. The Morgan fingerprint density at radius 1 is 1.14 bits per heavy atom. The zero-order valence-corrected chi connectivity index (χ0v) is 9.51. The third kappa shape index (κ3) is 2.91. The Bertz CT molecular complexity index is 352. The molecule has 14 heavy (non-hydrogen) atoms. The molecule has 0 unspecified atom stereocenters. The van der Waals surface area contributed by atoms with Crippen molar-refractivity contribution in [2.24, 2.45) is 5.14 Å². The minimum Gasteiger partial charge on any atom is -0.228 e. The highest BCUT2D eigenvalue weighted by Gasteiger charge is 2.30. The molecular formula is C6H14N2O4S2. The van der Waals surface area contributed by atoms with Gasteiger partial charge in [-0.25, -0.2) is 26.3 Å². The topological polar surface area (TPSA) is 97.5 Å². The van der Waals surface area contributed by atoms with Crippen LogP contribution in [0.5, 0.6) is 0 Å². The van der Waals surface area contributed by atoms with Crippen LogP contribution in [0.25, 0.3) is 0 Å². The van der Waals surface area contributed by atoms with Gasteiger partial charge in [-0.05, 0) is 12.8 Å². The lowest BCUT2D eigenvalue weighted by molar-refractivity contribution is 0.348. The molecule has 6 nitrogen and oxygen atoms in total. The van der Waals surface area contributed by atoms with E-state index in [4.69, 9.17) is 5.14 Å². The maximum Gasteiger partial charge on any atom is 0.212 e. The first-order valence-electron chi connectivity index (χ1n) is 4.18. The molecule has 1 rings (SSSR count). The summed E-state index contributed by atoms with van der Waals surface area (Å²) in [5, 5.41) is 4.37. The second-order valence-corrected chi connectivity index (χ2v) is 7.28. The van der Waals surface area contributed by atoms with Crippen molar-refractivity contribution < 1.29 is 16.8 Å². The van der Waals surface area contributed by atoms with Crippen LogP contribution < -0.4 is 5.14 Å². The number of rotatable bonds is 2. The van der Waals surface area contributed by atoms with Gasteiger partial charge >= 0.3 is 0 Å². The third-order valence-electron chi connectivity index (χ3n) is 2.33. The average Bonchev–Trinajstić information content (AvgIpc) is 2.01. The quantitative estimate of drug-likeness (QED) is 0.650. The molecular weight excluding hydrogens is 228 g/mol. The number of primary sulfonamides is 1. The Morgan fingerprint density at radius 2 is 1.57 bits per heavy atom. The fraction of sp³-hybridized carbons (Fsp3) is 1.00. The smallest absolute Gasteiger partial charge is 0.212 e. The first kappa shape index (κ1) is 11.9. The first-order chi connectivity index (χ1) is 6.21. The zero-order valence-electron chi connectivity index (χ0n) is 7.88. The third-order valence-corrected chi connectivity index (χ3v) is 5.04. The summed E-state index contributed by atoms with van der Waals surface area (Å²) < 4.78 is 45.4. The van der Waals surface area contributed by atoms with Crippen molar-refractivity contribution in [3.63, 3.8) is 0 Å². The maximum absolute atomic E-state index is 11.1. The summed E-state index contributed by atoms with van der Waals surface area (Å²) in [5.74, 6) is 0. The van der Waals surface area contributed by atoms with Gasteiger partial charge in [-0.2, -0.15) is 0 Å². The molecule has 0 amide bonds. The van der Waals surface area contributed by atoms with E-state index in [9.17, 15) is 16.8 Å². The summed E-state index contributed by atoms with van der Waals surface area (Å²) in [7, 11) is -6.71. The Kier molecular flexibility index (Phi) is 3.20. The van der Waals surface area contributed by atoms with Crippen molar-refractivity contribution in [1.29, 1.82) is 0 Å². The van der Waals surface area contributed by atoms with E-state index < -0.39 is 25.3 Å². The van der Waals surface area contributed by atoms with Crippen molar-refractivity contribution >= 4 is 20.0 Å². The molecule has 0 radical (unpaired) electrons. The Hall–Kier alpha value is -0.180. The molecule has 0 aromatic carbocycles. The van der Waals surface area contributed by atoms with Gasteiger partial charge in [0.25, 0.3) is 0 Å². The molecule has 0 aromatic rings. The van der Waals surface area contributed by atoms with Gasteiger partial charge in [0.1, 0.15) is 0 Å². The van der Waals surface area contributed by atoms with E-state index in [0.29, 0.717) is 0 Å². The molecule has 2 N–H and O–H groups in total. The van der Waals surface area contributed by atoms with Crippen LogP contribution in [-0.4, -0.2) is 45.7 Å². The van der Waals surface area contributed by atoms with Gasteiger partial charge < -0.3 is 0 Å². The van der Waals surface area contributed by atoms with Gasteiger partial charge in [-0.15, -0.1) is 0 Å². The molecule has 1 saturated heterocycles. The molecule has 8 heteroatoms. The zero-order chi connectivity index (χ0) is 11.0. The molecule has 1 fully saturated rings. The second kappa shape index (κ2) is 3.76. The van der Waals surface area contributed by atoms with Crippen LogP contribution in [0, 0.1) is 0 Å². The monoisotopic (exact) mass is 242 g/mol. The largest absolute Gasteiger partial charge is 0.228 e. The normalized spacial score (nSPS) is 22.4. The molecule has 84 valence electrons. The minimum atomic E-state index is -3.52. The molecule has 1 aliphatic rings. The average molecular weight is 242 g/mol. The van der Waals surface area contributed by atoms with E-state index in [2.05, 4.69) is 0 Å². The predicted molar refractivity (Wildman–Crippen MR) is 52.5 cm³/mol. The van der Waals surface area contributed by atoms with Gasteiger partial charge in [0.15, 0.2) is 0 Å². The molecule has 1 aliphatic heterocycles. The van der Waals surface area contributed by atoms with Crippen LogP contribution in [0.3, 0.4) is 0 Å². The lowest BCUT2D eigenvalue weighted by Crippen LogP contribution is -2.43. The van der Waals surface area contributed by atoms with Gasteiger partial charge in [0.2, 0.25) is 20.0 Å². The molecule has 0 spiro atoms. The van der Waals surface area contributed by atoms with Crippen molar-refractivity contribution in [2.75, 3.05) is 19.3 Å². The molecule has 0 aromatic heterocycles. The fourth-order valence-corrected chi connectivity index (χ4v) is 3.23. The van der Waals surface area contributed by atoms with E-state index in [1.807, 2.05) is 0 Å². The number of nitrogens with two attached hydrogens (primary N) is 1. The highest BCUT2D eigenvalue weighted by atomic mass is 32.2. The summed E-state index contributed by atoms with van der Waals surface area (Å²) in [6.07, 6.45) is 1.68. The predicted octanol–water partition coefficient (Wildman–Crippen LogP) is -1.30. The van der Waals surface area contributed by atoms with Crippen LogP contribution >= 0.6 is 0 Å². The SMILES string of the molecule is CS(=O)(=O)N1CCC(S(N)(=O)=O)CC1. The van der Waals surface area contributed by atoms with E-state index in [1.165, 1.54) is 4.31 Å². The minimum absolute atomic E-state index is 0.236. The lowest BCUT2D eigenvalue weighted by atomic mass is 10.2. The highest BCUT2D eigenvalue weighted by molar-refractivity contribution is 7.89. The highest BCUT2D eigenvalue weighted by Crippen LogP contribution is 2.17. The number of hydrogen-bond donors (Lipinski definition) is 1. The number of nitrogens with zero attached hydrogens (tertiary/aromatic N) is 1. The van der Waals surface area contributed by atoms with Crippen LogP contribution in [-0.2, 0) is 20.0 Å². The van der Waals surface area contributed by atoms with Gasteiger partial charge in [-0.3, -0.25) is 0 Å². The standard InChI is InChI=1S/C6H14N2O4S2/c1-13(9,10)8-4-2-6(3-5-8)14(7,11)12/h6H,2-5H2,1H3,(H2,7,11,12). The summed E-state index contributed by atoms with van der Waals surface area (Å²) in [4.78, 5) is 0. The number of hydrogen-bond acceptors (Lipinski definition) is 4. The first-order valence-corrected chi connectivity index (χ1v) is 7.64. The second-order valence-electron chi connectivity index (χ2n) is 3.45. The Labute approximate surface area is 84.2 Å². The van der Waals surface area contributed by atoms with Crippen LogP contribution in [0.2, 0.25) is 0 Å². The van der Waals surface area contributed by atoms with E-state index in [-0.39, 0.29) is 25.9 Å². The number of piperidine rings is 1. The Morgan fingerprint density at radius 3 is 1.86 bits per heavy atom. The van der Waals surface area contributed by atoms with Crippen molar-refractivity contribution in [3.8, 4) is 0 Å².